The molecule has 6 rings (SSSR count). The van der Waals surface area contributed by atoms with Crippen LogP contribution in [-0.2, 0) is 14.6 Å². The third-order valence-corrected chi connectivity index (χ3v) is 11.6. The van der Waals surface area contributed by atoms with Gasteiger partial charge in [0.25, 0.3) is 0 Å². The monoisotopic (exact) mass is 672 g/mol. The van der Waals surface area contributed by atoms with E-state index in [0.717, 1.165) is 42.4 Å². The Labute approximate surface area is 267 Å². The van der Waals surface area contributed by atoms with Gasteiger partial charge in [0.1, 0.15) is 10.6 Å². The number of methoxy groups -OCH3 is 1. The molecule has 2 fully saturated rings. The maximum Gasteiger partial charge on any atom is 0.305 e. The van der Waals surface area contributed by atoms with E-state index in [1.807, 2.05) is 11.8 Å². The number of piperidine rings is 1. The summed E-state index contributed by atoms with van der Waals surface area (Å²) in [6.45, 7) is 3.08. The molecular weight excluding hydrogens is 642 g/mol. The van der Waals surface area contributed by atoms with E-state index >= 15 is 8.78 Å². The van der Waals surface area contributed by atoms with Gasteiger partial charge in [0.2, 0.25) is 11.6 Å². The van der Waals surface area contributed by atoms with Gasteiger partial charge in [-0.3, -0.25) is 15.2 Å². The van der Waals surface area contributed by atoms with Crippen LogP contribution >= 0.6 is 11.8 Å². The average Bonchev–Trinajstić information content (AvgIpc) is 3.74. The first-order chi connectivity index (χ1) is 21.9. The number of aromatic nitrogens is 4. The van der Waals surface area contributed by atoms with E-state index in [0.29, 0.717) is 36.3 Å². The minimum atomic E-state index is -4.33. The second-order valence-electron chi connectivity index (χ2n) is 11.2. The quantitative estimate of drug-likeness (QED) is 0.117. The minimum Gasteiger partial charge on any atom is -0.490 e. The number of nitrogens with two attached hydrogens (primary N) is 1. The molecule has 0 bridgehead atoms. The van der Waals surface area contributed by atoms with E-state index in [1.54, 1.807) is 6.07 Å². The van der Waals surface area contributed by atoms with E-state index in [4.69, 9.17) is 15.5 Å². The number of halogens is 2. The van der Waals surface area contributed by atoms with Crippen molar-refractivity contribution in [2.24, 2.45) is 5.73 Å². The number of nitrogens with one attached hydrogen (secondary N) is 2. The predicted molar refractivity (Wildman–Crippen MR) is 166 cm³/mol. The molecule has 0 amide bonds. The van der Waals surface area contributed by atoms with Crippen LogP contribution in [-0.4, -0.2) is 59.7 Å². The number of nitrogens with zero attached hydrogens (tertiary/aromatic N) is 5. The molecule has 46 heavy (non-hydrogen) atoms. The van der Waals surface area contributed by atoms with Gasteiger partial charge < -0.3 is 20.7 Å². The van der Waals surface area contributed by atoms with Gasteiger partial charge in [-0.05, 0) is 62.6 Å². The van der Waals surface area contributed by atoms with Crippen molar-refractivity contribution < 1.29 is 26.9 Å². The zero-order valence-electron chi connectivity index (χ0n) is 24.8. The number of hydrogen-bond donors (Lipinski definition) is 3. The fourth-order valence-electron chi connectivity index (χ4n) is 5.53. The minimum absolute atomic E-state index is 0.0424. The molecule has 1 saturated carbocycles. The number of anilines is 3. The Morgan fingerprint density at radius 2 is 1.91 bits per heavy atom. The Balaban J connectivity index is 1.34. The molecule has 4 N–H and O–H groups in total. The van der Waals surface area contributed by atoms with Gasteiger partial charge in [-0.1, -0.05) is 12.1 Å². The summed E-state index contributed by atoms with van der Waals surface area (Å²) in [5, 5.41) is 21.6. The maximum absolute atomic E-state index is 15.6. The summed E-state index contributed by atoms with van der Waals surface area (Å²) >= 11 is 0.886. The second-order valence-corrected chi connectivity index (χ2v) is 14.5. The lowest BCUT2D eigenvalue weighted by Gasteiger charge is -2.32. The van der Waals surface area contributed by atoms with Crippen LogP contribution in [0.2, 0.25) is 0 Å². The predicted octanol–water partition coefficient (Wildman–Crippen LogP) is 4.99. The van der Waals surface area contributed by atoms with E-state index in [2.05, 4.69) is 20.5 Å². The van der Waals surface area contributed by atoms with Crippen LogP contribution in [0, 0.1) is 28.7 Å². The highest BCUT2D eigenvalue weighted by Gasteiger charge is 2.58. The smallest absolute Gasteiger partial charge is 0.305 e. The Bertz CT molecular complexity index is 1930. The summed E-state index contributed by atoms with van der Waals surface area (Å²) < 4.78 is 62.2. The Hall–Kier alpha value is -4.35. The van der Waals surface area contributed by atoms with Gasteiger partial charge in [-0.15, -0.1) is 0 Å². The molecule has 1 aliphatic heterocycles. The lowest BCUT2D eigenvalue weighted by molar-refractivity contribution is -0.387. The summed E-state index contributed by atoms with van der Waals surface area (Å²) in [4.78, 5) is 21.3. The topological polar surface area (TPSA) is 182 Å². The van der Waals surface area contributed by atoms with E-state index in [9.17, 15) is 18.5 Å². The number of aromatic amines is 1. The van der Waals surface area contributed by atoms with Crippen molar-refractivity contribution in [1.29, 1.82) is 0 Å². The van der Waals surface area contributed by atoms with Crippen LogP contribution in [0.25, 0.3) is 0 Å². The van der Waals surface area contributed by atoms with Crippen LogP contribution in [0.15, 0.2) is 57.4 Å². The molecule has 17 heteroatoms. The SMILES string of the molecule is COc1c(Nc2cc(C)[nH]n2)nc(Sc2ccc(S(=O)(=O)C3(c4cccc([N+](=O)[O-])c4F)CC3)cc2F)nc1N1CCC(N)CC1. The van der Waals surface area contributed by atoms with Crippen molar-refractivity contribution in [2.75, 3.05) is 30.4 Å². The van der Waals surface area contributed by atoms with Crippen molar-refractivity contribution in [2.45, 2.75) is 58.3 Å². The molecule has 2 aliphatic rings. The normalized spacial score (nSPS) is 16.3. The van der Waals surface area contributed by atoms with E-state index < -0.39 is 36.8 Å². The van der Waals surface area contributed by atoms with Crippen molar-refractivity contribution >= 4 is 44.7 Å². The average molecular weight is 673 g/mol. The highest BCUT2D eigenvalue weighted by Crippen LogP contribution is 2.56. The largest absolute Gasteiger partial charge is 0.490 e. The van der Waals surface area contributed by atoms with Gasteiger partial charge in [0.05, 0.1) is 21.8 Å². The number of hydrogen-bond acceptors (Lipinski definition) is 12. The first kappa shape index (κ1) is 31.6. The Morgan fingerprint density at radius 1 is 1.17 bits per heavy atom. The Morgan fingerprint density at radius 3 is 2.52 bits per heavy atom. The van der Waals surface area contributed by atoms with Crippen LogP contribution < -0.4 is 20.7 Å². The second kappa shape index (κ2) is 12.1. The Kier molecular flexibility index (Phi) is 8.32. The van der Waals surface area contributed by atoms with Crippen LogP contribution in [0.5, 0.6) is 5.75 Å². The third-order valence-electron chi connectivity index (χ3n) is 8.12. The number of aryl methyl sites for hydroxylation is 1. The first-order valence-electron chi connectivity index (χ1n) is 14.3. The number of H-pyrrole nitrogens is 1. The van der Waals surface area contributed by atoms with Crippen molar-refractivity contribution in [3.63, 3.8) is 0 Å². The van der Waals surface area contributed by atoms with E-state index in [-0.39, 0.29) is 39.4 Å². The van der Waals surface area contributed by atoms with Crippen molar-refractivity contribution in [1.82, 2.24) is 20.2 Å². The number of nitro benzene ring substituents is 1. The molecule has 2 aromatic carbocycles. The molecule has 242 valence electrons. The molecule has 1 aliphatic carbocycles. The molecule has 4 aromatic rings. The zero-order valence-corrected chi connectivity index (χ0v) is 26.4. The van der Waals surface area contributed by atoms with Crippen LogP contribution in [0.1, 0.15) is 36.9 Å². The fraction of sp³-hybridized carbons (Fsp3) is 0.345. The molecule has 13 nitrogen and oxygen atoms in total. The molecule has 0 radical (unpaired) electrons. The highest BCUT2D eigenvalue weighted by atomic mass is 32.2. The van der Waals surface area contributed by atoms with Gasteiger partial charge in [-0.25, -0.2) is 22.8 Å². The molecule has 3 heterocycles. The number of ether oxygens (including phenoxy) is 1. The zero-order chi connectivity index (χ0) is 32.8. The first-order valence-corrected chi connectivity index (χ1v) is 16.6. The molecular formula is C29H30F2N8O5S2. The van der Waals surface area contributed by atoms with Crippen molar-refractivity contribution in [3.05, 3.63) is 75.5 Å². The highest BCUT2D eigenvalue weighted by molar-refractivity contribution is 7.99. The molecule has 0 atom stereocenters. The fourth-order valence-corrected chi connectivity index (χ4v) is 8.33. The molecule has 2 aromatic heterocycles. The number of sulfone groups is 1. The molecule has 0 unspecified atom stereocenters. The lowest BCUT2D eigenvalue weighted by Crippen LogP contribution is -2.40. The van der Waals surface area contributed by atoms with Gasteiger partial charge in [-0.2, -0.15) is 9.49 Å². The van der Waals surface area contributed by atoms with Gasteiger partial charge in [0, 0.05) is 42.5 Å². The molecule has 0 spiro atoms. The standard InChI is InChI=1S/C29H30F2N8O5S2/c1-16-14-23(37-36-16)33-26-25(44-2)27(38-12-8-17(32)9-13-38)35-28(34-26)45-22-7-6-18(15-20(22)30)46(42,43)29(10-11-29)19-4-3-5-21(24(19)31)39(40)41/h3-7,14-15,17H,8-13,32H2,1-2H3,(H2,33,34,35,36,37). The van der Waals surface area contributed by atoms with Gasteiger partial charge >= 0.3 is 5.69 Å². The summed E-state index contributed by atoms with van der Waals surface area (Å²) in [5.41, 5.74) is 5.81. The van der Waals surface area contributed by atoms with E-state index in [1.165, 1.54) is 31.4 Å². The maximum atomic E-state index is 15.6. The third kappa shape index (κ3) is 5.73. The number of nitro groups is 1. The number of rotatable bonds is 10. The lowest BCUT2D eigenvalue weighted by atomic mass is 10.1. The van der Waals surface area contributed by atoms with Crippen LogP contribution in [0.3, 0.4) is 0 Å². The van der Waals surface area contributed by atoms with Crippen molar-refractivity contribution in [3.8, 4) is 5.75 Å². The summed E-state index contributed by atoms with van der Waals surface area (Å²) in [6, 6.07) is 8.67. The number of benzene rings is 2. The summed E-state index contributed by atoms with van der Waals surface area (Å²) in [7, 11) is -2.83. The molecule has 1 saturated heterocycles. The summed E-state index contributed by atoms with van der Waals surface area (Å²) in [5.74, 6) is -0.443. The van der Waals surface area contributed by atoms with Gasteiger partial charge in [0.15, 0.2) is 32.4 Å². The van der Waals surface area contributed by atoms with Crippen LogP contribution in [0.4, 0.5) is 31.9 Å². The summed E-state index contributed by atoms with van der Waals surface area (Å²) in [6.07, 6.45) is 1.56.